The van der Waals surface area contributed by atoms with Crippen molar-refractivity contribution in [1.82, 2.24) is 9.13 Å². The number of imidazole rings is 1. The van der Waals surface area contributed by atoms with Gasteiger partial charge in [-0.1, -0.05) is 13.8 Å². The molecule has 0 amide bonds. The van der Waals surface area contributed by atoms with Crippen LogP contribution < -0.4 is 17.0 Å². The van der Waals surface area contributed by atoms with E-state index in [0.29, 0.717) is 30.8 Å². The molecule has 0 aromatic carbocycles. The van der Waals surface area contributed by atoms with Gasteiger partial charge in [0.15, 0.2) is 0 Å². The Morgan fingerprint density at radius 2 is 1.86 bits per heavy atom. The Kier molecular flexibility index (Phi) is 5.69. The summed E-state index contributed by atoms with van der Waals surface area (Å²) in [6.45, 7) is 5.81. The second kappa shape index (κ2) is 8.45. The molecule has 0 unspecified atom stereocenters. The molecule has 0 bridgehead atoms. The zero-order valence-electron chi connectivity index (χ0n) is 21.7. The number of aliphatic hydroxyl groups is 1. The smallest absolute Gasteiger partial charge is 0.335 e. The molecule has 0 saturated heterocycles. The van der Waals surface area contributed by atoms with E-state index in [1.54, 1.807) is 10.8 Å². The van der Waals surface area contributed by atoms with E-state index in [1.807, 2.05) is 23.0 Å². The molecule has 0 radical (unpaired) electrons. The van der Waals surface area contributed by atoms with Crippen molar-refractivity contribution in [2.75, 3.05) is 6.54 Å². The second-order valence-electron chi connectivity index (χ2n) is 12.8. The van der Waals surface area contributed by atoms with Gasteiger partial charge in [-0.2, -0.15) is 0 Å². The fourth-order valence-corrected chi connectivity index (χ4v) is 9.57. The van der Waals surface area contributed by atoms with Crippen LogP contribution in [0.3, 0.4) is 0 Å². The SMILES string of the molecule is C[C@]12CC[C@H](n3ccn(CCN)c3=O)C[C@H]1CC[C@@H]1[C@@H]2CC[C@]2(C)[C@@H](c3ccc(=O)oc3)CC[C@]12O. The highest BCUT2D eigenvalue weighted by atomic mass is 16.4. The molecule has 0 aliphatic heterocycles. The van der Waals surface area contributed by atoms with E-state index in [0.717, 1.165) is 63.4 Å². The van der Waals surface area contributed by atoms with Gasteiger partial charge in [0.05, 0.1) is 11.9 Å². The molecular weight excluding hydrogens is 454 g/mol. The lowest BCUT2D eigenvalue weighted by molar-refractivity contribution is -0.202. The Morgan fingerprint density at radius 1 is 1.03 bits per heavy atom. The Balaban J connectivity index is 1.24. The number of nitrogens with two attached hydrogens (primary N) is 1. The molecular formula is C29H41N3O4. The third-order valence-electron chi connectivity index (χ3n) is 11.6. The molecule has 4 aliphatic carbocycles. The summed E-state index contributed by atoms with van der Waals surface area (Å²) in [6, 6.07) is 3.68. The van der Waals surface area contributed by atoms with Crippen molar-refractivity contribution >= 4 is 0 Å². The molecule has 3 N–H and O–H groups in total. The number of hydrogen-bond acceptors (Lipinski definition) is 5. The van der Waals surface area contributed by atoms with Crippen LogP contribution in [0, 0.1) is 28.6 Å². The molecule has 2 aromatic rings. The largest absolute Gasteiger partial charge is 0.431 e. The van der Waals surface area contributed by atoms with Crippen LogP contribution in [0.5, 0.6) is 0 Å². The first-order valence-corrected chi connectivity index (χ1v) is 14.0. The predicted octanol–water partition coefficient (Wildman–Crippen LogP) is 4.04. The van der Waals surface area contributed by atoms with Crippen LogP contribution in [0.4, 0.5) is 0 Å². The van der Waals surface area contributed by atoms with Gasteiger partial charge in [0.2, 0.25) is 0 Å². The van der Waals surface area contributed by atoms with Gasteiger partial charge in [-0.05, 0) is 98.5 Å². The molecule has 7 nitrogen and oxygen atoms in total. The van der Waals surface area contributed by atoms with E-state index in [9.17, 15) is 14.7 Å². The summed E-state index contributed by atoms with van der Waals surface area (Å²) in [7, 11) is 0. The van der Waals surface area contributed by atoms with Crippen LogP contribution in [-0.2, 0) is 6.54 Å². The van der Waals surface area contributed by atoms with Gasteiger partial charge >= 0.3 is 11.3 Å². The molecule has 7 heteroatoms. The van der Waals surface area contributed by atoms with Gasteiger partial charge in [0, 0.05) is 43.0 Å². The lowest BCUT2D eigenvalue weighted by atomic mass is 9.43. The molecule has 4 saturated carbocycles. The van der Waals surface area contributed by atoms with Crippen LogP contribution in [0.1, 0.15) is 89.2 Å². The Labute approximate surface area is 212 Å². The average molecular weight is 496 g/mol. The minimum Gasteiger partial charge on any atom is -0.431 e. The zero-order chi connectivity index (χ0) is 25.3. The summed E-state index contributed by atoms with van der Waals surface area (Å²) >= 11 is 0. The quantitative estimate of drug-likeness (QED) is 0.666. The molecule has 4 fully saturated rings. The molecule has 6 rings (SSSR count). The lowest BCUT2D eigenvalue weighted by Crippen LogP contribution is -2.61. The Hall–Kier alpha value is -2.12. The van der Waals surface area contributed by atoms with Crippen LogP contribution in [0.15, 0.2) is 44.8 Å². The molecule has 196 valence electrons. The summed E-state index contributed by atoms with van der Waals surface area (Å²) in [5.41, 5.74) is 5.81. The molecule has 8 atom stereocenters. The van der Waals surface area contributed by atoms with E-state index in [-0.39, 0.29) is 34.1 Å². The molecule has 2 aromatic heterocycles. The minimum atomic E-state index is -0.683. The number of nitrogens with zero attached hydrogens (tertiary/aromatic N) is 2. The Bertz CT molecular complexity index is 1230. The Morgan fingerprint density at radius 3 is 2.61 bits per heavy atom. The van der Waals surface area contributed by atoms with Gasteiger partial charge in [-0.25, -0.2) is 9.59 Å². The van der Waals surface area contributed by atoms with E-state index in [2.05, 4.69) is 13.8 Å². The van der Waals surface area contributed by atoms with Gasteiger partial charge in [-0.15, -0.1) is 0 Å². The monoisotopic (exact) mass is 495 g/mol. The summed E-state index contributed by atoms with van der Waals surface area (Å²) in [5, 5.41) is 12.4. The van der Waals surface area contributed by atoms with Crippen molar-refractivity contribution in [3.05, 3.63) is 57.3 Å². The minimum absolute atomic E-state index is 0.0687. The number of rotatable bonds is 4. The number of hydrogen-bond donors (Lipinski definition) is 2. The first kappa shape index (κ1) is 24.2. The number of fused-ring (bicyclic) bond motifs is 5. The first-order chi connectivity index (χ1) is 17.2. The van der Waals surface area contributed by atoms with E-state index in [4.69, 9.17) is 10.2 Å². The normalized spacial score (nSPS) is 41.9. The van der Waals surface area contributed by atoms with Crippen LogP contribution in [0.25, 0.3) is 0 Å². The van der Waals surface area contributed by atoms with Gasteiger partial charge < -0.3 is 15.3 Å². The van der Waals surface area contributed by atoms with Gasteiger partial charge in [-0.3, -0.25) is 9.13 Å². The van der Waals surface area contributed by atoms with E-state index < -0.39 is 5.60 Å². The molecule has 0 spiro atoms. The summed E-state index contributed by atoms with van der Waals surface area (Å²) in [4.78, 5) is 24.4. The van der Waals surface area contributed by atoms with Crippen molar-refractivity contribution in [2.45, 2.75) is 95.7 Å². The fourth-order valence-electron chi connectivity index (χ4n) is 9.57. The maximum absolute atomic E-state index is 12.9. The lowest BCUT2D eigenvalue weighted by Gasteiger charge is -2.63. The summed E-state index contributed by atoms with van der Waals surface area (Å²) < 4.78 is 8.91. The predicted molar refractivity (Wildman–Crippen MR) is 138 cm³/mol. The highest BCUT2D eigenvalue weighted by molar-refractivity contribution is 5.27. The molecule has 36 heavy (non-hydrogen) atoms. The van der Waals surface area contributed by atoms with Crippen LogP contribution in [-0.4, -0.2) is 26.4 Å². The van der Waals surface area contributed by atoms with Crippen molar-refractivity contribution in [1.29, 1.82) is 0 Å². The highest BCUT2D eigenvalue weighted by Gasteiger charge is 2.67. The molecule has 4 aliphatic rings. The zero-order valence-corrected chi connectivity index (χ0v) is 21.7. The van der Waals surface area contributed by atoms with Crippen molar-refractivity contribution in [3.8, 4) is 0 Å². The average Bonchev–Trinajstić information content (AvgIpc) is 3.36. The van der Waals surface area contributed by atoms with Crippen molar-refractivity contribution in [2.24, 2.45) is 34.3 Å². The fraction of sp³-hybridized carbons (Fsp3) is 0.724. The topological polar surface area (TPSA) is 103 Å². The van der Waals surface area contributed by atoms with Crippen molar-refractivity contribution < 1.29 is 9.52 Å². The van der Waals surface area contributed by atoms with Gasteiger partial charge in [0.25, 0.3) is 0 Å². The third-order valence-corrected chi connectivity index (χ3v) is 11.6. The van der Waals surface area contributed by atoms with E-state index in [1.165, 1.54) is 6.07 Å². The van der Waals surface area contributed by atoms with Crippen LogP contribution in [0.2, 0.25) is 0 Å². The summed E-state index contributed by atoms with van der Waals surface area (Å²) in [5.74, 6) is 1.62. The number of aromatic nitrogens is 2. The summed E-state index contributed by atoms with van der Waals surface area (Å²) in [6.07, 6.45) is 14.7. The maximum atomic E-state index is 12.9. The van der Waals surface area contributed by atoms with Gasteiger partial charge in [0.1, 0.15) is 0 Å². The third kappa shape index (κ3) is 3.31. The van der Waals surface area contributed by atoms with Crippen LogP contribution >= 0.6 is 0 Å². The van der Waals surface area contributed by atoms with E-state index >= 15 is 0 Å². The molecule has 2 heterocycles. The second-order valence-corrected chi connectivity index (χ2v) is 12.8. The first-order valence-electron chi connectivity index (χ1n) is 14.0. The maximum Gasteiger partial charge on any atom is 0.335 e. The standard InChI is InChI=1S/C29H41N3O4/c1-27-10-7-21(32-16-15-31(14-13-30)26(32)34)17-20(27)4-5-24-23(27)8-11-28(2)22(9-12-29(24,28)35)19-3-6-25(33)36-18-19/h3,6,15-16,18,20-24,35H,4-5,7-14,17,30H2,1-2H3/t20-,21+,22-,23+,24-,27+,28-,29+/m1/s1. The highest BCUT2D eigenvalue weighted by Crippen LogP contribution is 2.70. The van der Waals surface area contributed by atoms with Crippen molar-refractivity contribution in [3.63, 3.8) is 0 Å².